The first-order valence-electron chi connectivity index (χ1n) is 9.42. The van der Waals surface area contributed by atoms with Crippen molar-refractivity contribution in [2.24, 2.45) is 0 Å². The van der Waals surface area contributed by atoms with Gasteiger partial charge in [-0.05, 0) is 43.4 Å². The van der Waals surface area contributed by atoms with Gasteiger partial charge in [-0.2, -0.15) is 0 Å². The molecule has 0 bridgehead atoms. The topological polar surface area (TPSA) is 64.6 Å². The fourth-order valence-corrected chi connectivity index (χ4v) is 4.10. The Morgan fingerprint density at radius 1 is 1.23 bits per heavy atom. The van der Waals surface area contributed by atoms with Gasteiger partial charge in [0.15, 0.2) is 6.61 Å². The lowest BCUT2D eigenvalue weighted by atomic mass is 9.69. The highest BCUT2D eigenvalue weighted by Gasteiger charge is 2.43. The minimum absolute atomic E-state index is 0.0748. The van der Waals surface area contributed by atoms with E-state index < -0.39 is 5.41 Å². The molecule has 1 amide bonds. The molecule has 1 N–H and O–H groups in total. The lowest BCUT2D eigenvalue weighted by Gasteiger charge is -2.35. The van der Waals surface area contributed by atoms with E-state index in [9.17, 15) is 9.59 Å². The van der Waals surface area contributed by atoms with Crippen LogP contribution in [0.5, 0.6) is 0 Å². The number of carbonyl (C=O) groups is 2. The second-order valence-corrected chi connectivity index (χ2v) is 7.60. The highest BCUT2D eigenvalue weighted by molar-refractivity contribution is 6.30. The summed E-state index contributed by atoms with van der Waals surface area (Å²) in [5.74, 6) is -0.613. The molecule has 3 rings (SSSR count). The van der Waals surface area contributed by atoms with Crippen LogP contribution in [-0.4, -0.2) is 37.7 Å². The maximum atomic E-state index is 12.9. The standard InChI is InChI=1S/C20H26ClNO4/c21-16-7-4-6-15(12-16)20(9-2-1-3-10-20)19(24)26-14-18(23)22-13-17-8-5-11-25-17/h4,6-7,12,17H,1-3,5,8-11,13-14H2,(H,22,23). The van der Waals surface area contributed by atoms with E-state index >= 15 is 0 Å². The molecule has 0 radical (unpaired) electrons. The molecular weight excluding hydrogens is 354 g/mol. The molecule has 2 fully saturated rings. The molecule has 142 valence electrons. The minimum Gasteiger partial charge on any atom is -0.455 e. The van der Waals surface area contributed by atoms with Crippen molar-refractivity contribution < 1.29 is 19.1 Å². The van der Waals surface area contributed by atoms with E-state index in [2.05, 4.69) is 5.32 Å². The molecule has 1 aliphatic carbocycles. The van der Waals surface area contributed by atoms with E-state index in [0.29, 0.717) is 11.6 Å². The Kier molecular flexibility index (Phi) is 6.54. The van der Waals surface area contributed by atoms with Crippen LogP contribution in [0.4, 0.5) is 0 Å². The van der Waals surface area contributed by atoms with E-state index in [4.69, 9.17) is 21.1 Å². The summed E-state index contributed by atoms with van der Waals surface area (Å²) in [6.45, 7) is 0.960. The predicted molar refractivity (Wildman–Crippen MR) is 99.2 cm³/mol. The smallest absolute Gasteiger partial charge is 0.317 e. The fourth-order valence-electron chi connectivity index (χ4n) is 3.91. The van der Waals surface area contributed by atoms with Crippen LogP contribution in [0.15, 0.2) is 24.3 Å². The number of nitrogens with one attached hydrogen (secondary N) is 1. The molecule has 1 aromatic carbocycles. The van der Waals surface area contributed by atoms with E-state index in [-0.39, 0.29) is 24.6 Å². The minimum atomic E-state index is -0.696. The number of amides is 1. The Labute approximate surface area is 159 Å². The van der Waals surface area contributed by atoms with Crippen LogP contribution < -0.4 is 5.32 Å². The first kappa shape index (κ1) is 19.2. The summed E-state index contributed by atoms with van der Waals surface area (Å²) in [6, 6.07) is 7.42. The second kappa shape index (κ2) is 8.87. The van der Waals surface area contributed by atoms with Crippen molar-refractivity contribution in [3.05, 3.63) is 34.9 Å². The van der Waals surface area contributed by atoms with E-state index in [1.807, 2.05) is 18.2 Å². The van der Waals surface area contributed by atoms with Crippen LogP contribution >= 0.6 is 11.6 Å². The zero-order chi connectivity index (χ0) is 18.4. The number of rotatable bonds is 6. The van der Waals surface area contributed by atoms with Crippen molar-refractivity contribution in [3.8, 4) is 0 Å². The van der Waals surface area contributed by atoms with Gasteiger partial charge in [-0.15, -0.1) is 0 Å². The summed E-state index contributed by atoms with van der Waals surface area (Å²) in [4.78, 5) is 24.9. The van der Waals surface area contributed by atoms with Crippen LogP contribution in [0, 0.1) is 0 Å². The van der Waals surface area contributed by atoms with Gasteiger partial charge in [-0.1, -0.05) is 43.0 Å². The lowest BCUT2D eigenvalue weighted by Crippen LogP contribution is -2.42. The van der Waals surface area contributed by atoms with Crippen molar-refractivity contribution in [3.63, 3.8) is 0 Å². The first-order valence-corrected chi connectivity index (χ1v) is 9.79. The molecule has 1 heterocycles. The molecule has 0 aromatic heterocycles. The van der Waals surface area contributed by atoms with Gasteiger partial charge in [0.1, 0.15) is 0 Å². The summed E-state index contributed by atoms with van der Waals surface area (Å²) < 4.78 is 10.9. The number of hydrogen-bond donors (Lipinski definition) is 1. The monoisotopic (exact) mass is 379 g/mol. The quantitative estimate of drug-likeness (QED) is 0.769. The molecule has 5 nitrogen and oxygen atoms in total. The largest absolute Gasteiger partial charge is 0.455 e. The van der Waals surface area contributed by atoms with Gasteiger partial charge in [0, 0.05) is 18.2 Å². The Morgan fingerprint density at radius 2 is 2.04 bits per heavy atom. The zero-order valence-corrected chi connectivity index (χ0v) is 15.7. The summed E-state index contributed by atoms with van der Waals surface area (Å²) >= 11 is 6.13. The molecule has 6 heteroatoms. The maximum Gasteiger partial charge on any atom is 0.317 e. The molecule has 0 spiro atoms. The summed E-state index contributed by atoms with van der Waals surface area (Å²) in [7, 11) is 0. The number of hydrogen-bond acceptors (Lipinski definition) is 4. The normalized spacial score (nSPS) is 22.0. The Morgan fingerprint density at radius 3 is 2.73 bits per heavy atom. The van der Waals surface area contributed by atoms with Gasteiger partial charge in [0.2, 0.25) is 0 Å². The number of benzene rings is 1. The van der Waals surface area contributed by atoms with Crippen LogP contribution in [-0.2, 0) is 24.5 Å². The third kappa shape index (κ3) is 4.57. The highest BCUT2D eigenvalue weighted by Crippen LogP contribution is 2.41. The SMILES string of the molecule is O=C(COC(=O)C1(c2cccc(Cl)c2)CCCCC1)NCC1CCCO1. The zero-order valence-electron chi connectivity index (χ0n) is 15.0. The van der Waals surface area contributed by atoms with Gasteiger partial charge in [-0.25, -0.2) is 0 Å². The van der Waals surface area contributed by atoms with Crippen molar-refractivity contribution >= 4 is 23.5 Å². The lowest BCUT2D eigenvalue weighted by molar-refractivity contribution is -0.155. The van der Waals surface area contributed by atoms with Crippen LogP contribution in [0.2, 0.25) is 5.02 Å². The summed E-state index contributed by atoms with van der Waals surface area (Å²) in [6.07, 6.45) is 6.55. The van der Waals surface area contributed by atoms with Crippen LogP contribution in [0.25, 0.3) is 0 Å². The molecule has 1 unspecified atom stereocenters. The Bertz CT molecular complexity index is 636. The number of ether oxygens (including phenoxy) is 2. The molecule has 1 aromatic rings. The molecule has 1 saturated carbocycles. The van der Waals surface area contributed by atoms with Crippen LogP contribution in [0.1, 0.15) is 50.5 Å². The molecule has 1 aliphatic heterocycles. The van der Waals surface area contributed by atoms with Crippen molar-refractivity contribution in [2.45, 2.75) is 56.5 Å². The van der Waals surface area contributed by atoms with Crippen molar-refractivity contribution in [1.82, 2.24) is 5.32 Å². The van der Waals surface area contributed by atoms with Gasteiger partial charge in [0.05, 0.1) is 11.5 Å². The molecular formula is C20H26ClNO4. The average molecular weight is 380 g/mol. The number of halogens is 1. The maximum absolute atomic E-state index is 12.9. The second-order valence-electron chi connectivity index (χ2n) is 7.17. The Balaban J connectivity index is 1.60. The van der Waals surface area contributed by atoms with Crippen LogP contribution in [0.3, 0.4) is 0 Å². The van der Waals surface area contributed by atoms with Gasteiger partial charge < -0.3 is 14.8 Å². The van der Waals surface area contributed by atoms with Crippen molar-refractivity contribution in [2.75, 3.05) is 19.8 Å². The molecule has 26 heavy (non-hydrogen) atoms. The van der Waals surface area contributed by atoms with Gasteiger partial charge in [-0.3, -0.25) is 9.59 Å². The third-order valence-electron chi connectivity index (χ3n) is 5.36. The van der Waals surface area contributed by atoms with E-state index in [1.54, 1.807) is 6.07 Å². The number of esters is 1. The number of carbonyl (C=O) groups excluding carboxylic acids is 2. The van der Waals surface area contributed by atoms with E-state index in [0.717, 1.165) is 57.1 Å². The molecule has 2 aliphatic rings. The summed E-state index contributed by atoms with van der Waals surface area (Å²) in [5.41, 5.74) is 0.187. The first-order chi connectivity index (χ1) is 12.6. The third-order valence-corrected chi connectivity index (χ3v) is 5.60. The molecule has 1 saturated heterocycles. The van der Waals surface area contributed by atoms with Gasteiger partial charge >= 0.3 is 5.97 Å². The highest BCUT2D eigenvalue weighted by atomic mass is 35.5. The van der Waals surface area contributed by atoms with E-state index in [1.165, 1.54) is 0 Å². The van der Waals surface area contributed by atoms with Gasteiger partial charge in [0.25, 0.3) is 5.91 Å². The van der Waals surface area contributed by atoms with Crippen molar-refractivity contribution in [1.29, 1.82) is 0 Å². The fraction of sp³-hybridized carbons (Fsp3) is 0.600. The Hall–Kier alpha value is -1.59. The summed E-state index contributed by atoms with van der Waals surface area (Å²) in [5, 5.41) is 3.39. The predicted octanol–water partition coefficient (Wildman–Crippen LogP) is 3.38. The molecule has 1 atom stereocenters. The average Bonchev–Trinajstić information content (AvgIpc) is 3.18.